The Bertz CT molecular complexity index is 728. The third-order valence-electron chi connectivity index (χ3n) is 2.81. The lowest BCUT2D eigenvalue weighted by Gasteiger charge is -2.19. The van der Waals surface area contributed by atoms with E-state index < -0.39 is 12.0 Å². The average molecular weight is 329 g/mol. The molecule has 0 saturated heterocycles. The molecule has 1 aliphatic rings. The molecule has 0 unspecified atom stereocenters. The molecule has 10 heteroatoms. The Morgan fingerprint density at radius 2 is 2.09 bits per heavy atom. The minimum Gasteiger partial charge on any atom is -0.494 e. The number of halogens is 3. The van der Waals surface area contributed by atoms with Gasteiger partial charge in [-0.2, -0.15) is 13.2 Å². The van der Waals surface area contributed by atoms with E-state index >= 15 is 0 Å². The minimum absolute atomic E-state index is 0.145. The topological polar surface area (TPSA) is 64.3 Å². The van der Waals surface area contributed by atoms with Gasteiger partial charge in [-0.3, -0.25) is 5.43 Å². The van der Waals surface area contributed by atoms with E-state index in [0.717, 1.165) is 16.4 Å². The van der Waals surface area contributed by atoms with Crippen LogP contribution in [0.2, 0.25) is 0 Å². The van der Waals surface area contributed by atoms with Crippen LogP contribution < -0.4 is 10.2 Å². The van der Waals surface area contributed by atoms with Crippen molar-refractivity contribution in [3.05, 3.63) is 30.1 Å². The Morgan fingerprint density at radius 1 is 1.32 bits per heavy atom. The van der Waals surface area contributed by atoms with E-state index in [9.17, 15) is 13.2 Å². The minimum atomic E-state index is -4.59. The van der Waals surface area contributed by atoms with Crippen LogP contribution in [0.15, 0.2) is 34.4 Å². The maximum atomic E-state index is 12.8. The number of amidine groups is 1. The van der Waals surface area contributed by atoms with Gasteiger partial charge < -0.3 is 4.74 Å². The van der Waals surface area contributed by atoms with Crippen molar-refractivity contribution in [1.82, 2.24) is 14.9 Å². The molecule has 1 aromatic heterocycles. The van der Waals surface area contributed by atoms with Gasteiger partial charge in [0.1, 0.15) is 17.3 Å². The quantitative estimate of drug-likeness (QED) is 0.918. The Balaban J connectivity index is 1.94. The maximum absolute atomic E-state index is 12.8. The number of hydrogen-bond acceptors (Lipinski definition) is 5. The molecule has 0 radical (unpaired) electrons. The zero-order valence-electron chi connectivity index (χ0n) is 11.3. The second-order valence-corrected chi connectivity index (χ2v) is 5.21. The Morgan fingerprint density at radius 3 is 2.82 bits per heavy atom. The van der Waals surface area contributed by atoms with Crippen molar-refractivity contribution in [3.8, 4) is 5.75 Å². The van der Waals surface area contributed by atoms with Gasteiger partial charge in [0.25, 0.3) is 5.82 Å². The molecule has 0 atom stereocenters. The van der Waals surface area contributed by atoms with Crippen molar-refractivity contribution in [1.29, 1.82) is 0 Å². The van der Waals surface area contributed by atoms with Crippen molar-refractivity contribution < 1.29 is 17.9 Å². The highest BCUT2D eigenvalue weighted by atomic mass is 32.2. The molecular formula is C12H10F3N5OS. The number of aromatic nitrogens is 3. The Labute approximate surface area is 127 Å². The van der Waals surface area contributed by atoms with Gasteiger partial charge in [-0.05, 0) is 12.1 Å². The largest absolute Gasteiger partial charge is 0.494 e. The molecule has 0 spiro atoms. The summed E-state index contributed by atoms with van der Waals surface area (Å²) in [6, 6.07) is 6.99. The zero-order valence-corrected chi connectivity index (χ0v) is 12.1. The predicted octanol–water partition coefficient (Wildman–Crippen LogP) is 2.68. The fourth-order valence-electron chi connectivity index (χ4n) is 1.87. The molecule has 22 heavy (non-hydrogen) atoms. The second kappa shape index (κ2) is 5.52. The fraction of sp³-hybridized carbons (Fsp3) is 0.250. The summed E-state index contributed by atoms with van der Waals surface area (Å²) >= 11 is 1.12. The summed E-state index contributed by atoms with van der Waals surface area (Å²) in [6.07, 6.45) is -4.59. The summed E-state index contributed by atoms with van der Waals surface area (Å²) < 4.78 is 44.5. The van der Waals surface area contributed by atoms with E-state index in [1.54, 1.807) is 24.3 Å². The van der Waals surface area contributed by atoms with Crippen molar-refractivity contribution in [2.45, 2.75) is 11.3 Å². The number of ether oxygens (including phenoxy) is 1. The molecule has 0 aliphatic carbocycles. The molecule has 2 aromatic rings. The van der Waals surface area contributed by atoms with Crippen LogP contribution in [0.5, 0.6) is 5.75 Å². The predicted molar refractivity (Wildman–Crippen MR) is 75.2 cm³/mol. The number of benzene rings is 1. The van der Waals surface area contributed by atoms with E-state index in [0.29, 0.717) is 23.0 Å². The van der Waals surface area contributed by atoms with Crippen molar-refractivity contribution >= 4 is 23.3 Å². The van der Waals surface area contributed by atoms with Gasteiger partial charge in [-0.15, -0.1) is 10.2 Å². The third-order valence-corrected chi connectivity index (χ3v) is 3.75. The van der Waals surface area contributed by atoms with Gasteiger partial charge in [0.15, 0.2) is 0 Å². The standard InChI is InChI=1S/C12H10F3N5OS/c1-21-8-5-3-2-4-7(8)16-9-6-22-11-18-17-10(12(13,14)15)20(11)19-9/h2-5H,6H2,1H3,(H,16,19). The number of methoxy groups -OCH3 is 1. The number of rotatable bonds is 2. The van der Waals surface area contributed by atoms with Crippen LogP contribution in [-0.2, 0) is 6.18 Å². The lowest BCUT2D eigenvalue weighted by molar-refractivity contribution is -0.146. The number of para-hydroxylation sites is 2. The van der Waals surface area contributed by atoms with E-state index in [1.807, 2.05) is 0 Å². The SMILES string of the molecule is COc1ccccc1N=C1CSc2nnc(C(F)(F)F)n2N1. The van der Waals surface area contributed by atoms with Crippen LogP contribution in [0.4, 0.5) is 18.9 Å². The van der Waals surface area contributed by atoms with Gasteiger partial charge in [0.2, 0.25) is 5.16 Å². The number of fused-ring (bicyclic) bond motifs is 1. The number of nitrogens with zero attached hydrogens (tertiary/aromatic N) is 4. The lowest BCUT2D eigenvalue weighted by atomic mass is 10.3. The first-order valence-electron chi connectivity index (χ1n) is 6.12. The lowest BCUT2D eigenvalue weighted by Crippen LogP contribution is -2.33. The summed E-state index contributed by atoms with van der Waals surface area (Å²) in [6.45, 7) is 0. The van der Waals surface area contributed by atoms with Crippen LogP contribution in [0.25, 0.3) is 0 Å². The van der Waals surface area contributed by atoms with E-state index in [-0.39, 0.29) is 5.16 Å². The van der Waals surface area contributed by atoms with Gasteiger partial charge in [0, 0.05) is 0 Å². The molecule has 1 aliphatic heterocycles. The highest BCUT2D eigenvalue weighted by Gasteiger charge is 2.40. The molecule has 0 saturated carbocycles. The van der Waals surface area contributed by atoms with E-state index in [2.05, 4.69) is 20.6 Å². The number of alkyl halides is 3. The Hall–Kier alpha value is -2.23. The fourth-order valence-corrected chi connectivity index (χ4v) is 2.62. The third kappa shape index (κ3) is 2.73. The molecule has 2 heterocycles. The molecule has 1 aromatic carbocycles. The first-order valence-corrected chi connectivity index (χ1v) is 7.10. The van der Waals surface area contributed by atoms with Crippen molar-refractivity contribution in [2.24, 2.45) is 4.99 Å². The van der Waals surface area contributed by atoms with Crippen molar-refractivity contribution in [2.75, 3.05) is 18.3 Å². The van der Waals surface area contributed by atoms with E-state index in [1.165, 1.54) is 7.11 Å². The smallest absolute Gasteiger partial charge is 0.453 e. The monoisotopic (exact) mass is 329 g/mol. The first kappa shape index (κ1) is 14.7. The molecule has 1 N–H and O–H groups in total. The Kier molecular flexibility index (Phi) is 3.69. The first-order chi connectivity index (χ1) is 10.5. The molecule has 116 valence electrons. The summed E-state index contributed by atoms with van der Waals surface area (Å²) in [4.78, 5) is 4.31. The van der Waals surface area contributed by atoms with Crippen LogP contribution in [-0.4, -0.2) is 33.6 Å². The summed E-state index contributed by atoms with van der Waals surface area (Å²) in [7, 11) is 1.50. The maximum Gasteiger partial charge on any atom is 0.453 e. The molecule has 3 rings (SSSR count). The highest BCUT2D eigenvalue weighted by Crippen LogP contribution is 2.32. The van der Waals surface area contributed by atoms with Gasteiger partial charge >= 0.3 is 6.18 Å². The molecule has 0 amide bonds. The molecule has 0 fully saturated rings. The van der Waals surface area contributed by atoms with Gasteiger partial charge in [0.05, 0.1) is 12.9 Å². The summed E-state index contributed by atoms with van der Waals surface area (Å²) in [5, 5.41) is 6.83. The average Bonchev–Trinajstić information content (AvgIpc) is 2.91. The zero-order chi connectivity index (χ0) is 15.7. The number of aliphatic imine (C=N–C) groups is 1. The number of thioether (sulfide) groups is 1. The normalized spacial score (nSPS) is 16.3. The molecule has 0 bridgehead atoms. The highest BCUT2D eigenvalue weighted by molar-refractivity contribution is 7.99. The van der Waals surface area contributed by atoms with Crippen LogP contribution in [0.3, 0.4) is 0 Å². The molecule has 6 nitrogen and oxygen atoms in total. The van der Waals surface area contributed by atoms with Crippen LogP contribution in [0, 0.1) is 0 Å². The van der Waals surface area contributed by atoms with Gasteiger partial charge in [-0.1, -0.05) is 23.9 Å². The second-order valence-electron chi connectivity index (χ2n) is 4.27. The summed E-state index contributed by atoms with van der Waals surface area (Å²) in [5.41, 5.74) is 3.12. The summed E-state index contributed by atoms with van der Waals surface area (Å²) in [5.74, 6) is 0.135. The van der Waals surface area contributed by atoms with Gasteiger partial charge in [-0.25, -0.2) is 9.67 Å². The molecular weight excluding hydrogens is 319 g/mol. The number of nitrogens with one attached hydrogen (secondary N) is 1. The van der Waals surface area contributed by atoms with Crippen LogP contribution in [0.1, 0.15) is 5.82 Å². The van der Waals surface area contributed by atoms with Crippen molar-refractivity contribution in [3.63, 3.8) is 0 Å². The van der Waals surface area contributed by atoms with Crippen LogP contribution >= 0.6 is 11.8 Å². The van der Waals surface area contributed by atoms with E-state index in [4.69, 9.17) is 4.74 Å². The number of hydrogen-bond donors (Lipinski definition) is 1.